The second kappa shape index (κ2) is 10.2. The normalized spacial score (nSPS) is 11.1. The Morgan fingerprint density at radius 1 is 1.24 bits per heavy atom. The molecule has 1 rings (SSSR count). The predicted octanol–water partition coefficient (Wildman–Crippen LogP) is 4.20. The monoisotopic (exact) mass is 356 g/mol. The van der Waals surface area contributed by atoms with Crippen LogP contribution in [0, 0.1) is 0 Å². The van der Waals surface area contributed by atoms with Gasteiger partial charge in [0.1, 0.15) is 0 Å². The van der Waals surface area contributed by atoms with Crippen molar-refractivity contribution in [2.75, 3.05) is 31.7 Å². The van der Waals surface area contributed by atoms with Crippen molar-refractivity contribution >= 4 is 21.6 Å². The summed E-state index contributed by atoms with van der Waals surface area (Å²) in [7, 11) is 1.77. The Morgan fingerprint density at radius 3 is 2.52 bits per heavy atom. The number of benzene rings is 1. The Kier molecular flexibility index (Phi) is 8.97. The van der Waals surface area contributed by atoms with E-state index < -0.39 is 0 Å². The summed E-state index contributed by atoms with van der Waals surface area (Å²) < 4.78 is 6.45. The molecule has 1 N–H and O–H groups in total. The fourth-order valence-corrected chi connectivity index (χ4v) is 2.98. The molecule has 4 heteroatoms. The van der Waals surface area contributed by atoms with Crippen molar-refractivity contribution in [3.8, 4) is 0 Å². The molecule has 120 valence electrons. The van der Waals surface area contributed by atoms with Crippen molar-refractivity contribution in [2.24, 2.45) is 0 Å². The zero-order valence-corrected chi connectivity index (χ0v) is 15.4. The van der Waals surface area contributed by atoms with Crippen molar-refractivity contribution in [3.63, 3.8) is 0 Å². The zero-order chi connectivity index (χ0) is 15.7. The van der Waals surface area contributed by atoms with Crippen LogP contribution in [0.25, 0.3) is 0 Å². The molecule has 0 aromatic heterocycles. The van der Waals surface area contributed by atoms with E-state index in [-0.39, 0.29) is 0 Å². The molecule has 0 aliphatic heterocycles. The third-order valence-corrected chi connectivity index (χ3v) is 4.34. The van der Waals surface area contributed by atoms with E-state index in [2.05, 4.69) is 65.1 Å². The number of nitrogens with one attached hydrogen (secondary N) is 1. The highest BCUT2D eigenvalue weighted by molar-refractivity contribution is 9.10. The lowest BCUT2D eigenvalue weighted by Gasteiger charge is -2.34. The van der Waals surface area contributed by atoms with Gasteiger partial charge < -0.3 is 15.0 Å². The molecule has 0 aliphatic rings. The quantitative estimate of drug-likeness (QED) is 0.679. The number of anilines is 1. The summed E-state index contributed by atoms with van der Waals surface area (Å²) in [5.74, 6) is 0. The van der Waals surface area contributed by atoms with Gasteiger partial charge in [-0.05, 0) is 37.1 Å². The number of methoxy groups -OCH3 is 1. The number of rotatable bonds is 10. The minimum absolute atomic E-state index is 0.551. The number of hydrogen-bond acceptors (Lipinski definition) is 3. The van der Waals surface area contributed by atoms with Crippen LogP contribution < -0.4 is 10.2 Å². The van der Waals surface area contributed by atoms with Crippen LogP contribution in [0.15, 0.2) is 22.7 Å². The van der Waals surface area contributed by atoms with Crippen molar-refractivity contribution in [2.45, 2.75) is 46.2 Å². The van der Waals surface area contributed by atoms with Crippen LogP contribution in [0.5, 0.6) is 0 Å². The summed E-state index contributed by atoms with van der Waals surface area (Å²) >= 11 is 3.62. The highest BCUT2D eigenvalue weighted by atomic mass is 79.9. The first-order valence-corrected chi connectivity index (χ1v) is 8.71. The molecule has 0 saturated carbocycles. The average Bonchev–Trinajstić information content (AvgIpc) is 2.50. The molecular weight excluding hydrogens is 328 g/mol. The maximum absolute atomic E-state index is 5.32. The SMILES string of the molecule is CCNCc1ccc(Br)cc1N(CCOC)C(CC)CC. The van der Waals surface area contributed by atoms with Crippen LogP contribution in [-0.2, 0) is 11.3 Å². The number of nitrogens with zero attached hydrogens (tertiary/aromatic N) is 1. The van der Waals surface area contributed by atoms with Crippen LogP contribution in [-0.4, -0.2) is 32.8 Å². The van der Waals surface area contributed by atoms with Gasteiger partial charge in [-0.2, -0.15) is 0 Å². The lowest BCUT2D eigenvalue weighted by molar-refractivity contribution is 0.202. The summed E-state index contributed by atoms with van der Waals surface area (Å²) in [6, 6.07) is 7.12. The molecule has 0 radical (unpaired) electrons. The van der Waals surface area contributed by atoms with E-state index in [1.54, 1.807) is 7.11 Å². The highest BCUT2D eigenvalue weighted by Crippen LogP contribution is 2.28. The van der Waals surface area contributed by atoms with Crippen LogP contribution in [0.1, 0.15) is 39.2 Å². The fraction of sp³-hybridized carbons (Fsp3) is 0.647. The lowest BCUT2D eigenvalue weighted by Crippen LogP contribution is -2.38. The molecule has 0 amide bonds. The van der Waals surface area contributed by atoms with Gasteiger partial charge >= 0.3 is 0 Å². The van der Waals surface area contributed by atoms with Gasteiger partial charge in [-0.25, -0.2) is 0 Å². The van der Waals surface area contributed by atoms with Gasteiger partial charge in [0.05, 0.1) is 6.61 Å². The average molecular weight is 357 g/mol. The lowest BCUT2D eigenvalue weighted by atomic mass is 10.1. The third-order valence-electron chi connectivity index (χ3n) is 3.84. The van der Waals surface area contributed by atoms with Gasteiger partial charge in [0, 0.05) is 36.4 Å². The molecule has 0 unspecified atom stereocenters. The Hall–Kier alpha value is -0.580. The first-order chi connectivity index (χ1) is 10.2. The molecule has 1 aromatic rings. The highest BCUT2D eigenvalue weighted by Gasteiger charge is 2.18. The Bertz CT molecular complexity index is 408. The van der Waals surface area contributed by atoms with E-state index in [9.17, 15) is 0 Å². The van der Waals surface area contributed by atoms with Crippen LogP contribution in [0.4, 0.5) is 5.69 Å². The van der Waals surface area contributed by atoms with Crippen molar-refractivity contribution in [3.05, 3.63) is 28.2 Å². The van der Waals surface area contributed by atoms with E-state index in [1.165, 1.54) is 11.3 Å². The first-order valence-electron chi connectivity index (χ1n) is 7.92. The second-order valence-electron chi connectivity index (χ2n) is 5.21. The van der Waals surface area contributed by atoms with E-state index in [0.717, 1.165) is 43.6 Å². The topological polar surface area (TPSA) is 24.5 Å². The van der Waals surface area contributed by atoms with Crippen molar-refractivity contribution < 1.29 is 4.74 Å². The molecule has 3 nitrogen and oxygen atoms in total. The van der Waals surface area contributed by atoms with Crippen molar-refractivity contribution in [1.29, 1.82) is 0 Å². The summed E-state index contributed by atoms with van der Waals surface area (Å²) in [6.07, 6.45) is 2.29. The Morgan fingerprint density at radius 2 is 1.95 bits per heavy atom. The molecular formula is C17H29BrN2O. The van der Waals surface area contributed by atoms with Gasteiger partial charge in [-0.1, -0.05) is 42.8 Å². The van der Waals surface area contributed by atoms with E-state index in [0.29, 0.717) is 6.04 Å². The molecule has 0 heterocycles. The Balaban J connectivity index is 3.10. The molecule has 0 atom stereocenters. The van der Waals surface area contributed by atoms with Gasteiger partial charge in [-0.15, -0.1) is 0 Å². The second-order valence-corrected chi connectivity index (χ2v) is 6.13. The van der Waals surface area contributed by atoms with Crippen molar-refractivity contribution in [1.82, 2.24) is 5.32 Å². The fourth-order valence-electron chi connectivity index (χ4n) is 2.63. The van der Waals surface area contributed by atoms with Crippen LogP contribution in [0.2, 0.25) is 0 Å². The first kappa shape index (κ1) is 18.5. The third kappa shape index (κ3) is 5.61. The van der Waals surface area contributed by atoms with E-state index in [4.69, 9.17) is 4.74 Å². The minimum Gasteiger partial charge on any atom is -0.383 e. The van der Waals surface area contributed by atoms with E-state index in [1.807, 2.05) is 0 Å². The number of ether oxygens (including phenoxy) is 1. The Labute approximate surface area is 138 Å². The molecule has 0 aliphatic carbocycles. The van der Waals surface area contributed by atoms with Gasteiger partial charge in [-0.3, -0.25) is 0 Å². The summed E-state index contributed by atoms with van der Waals surface area (Å²) in [5.41, 5.74) is 2.67. The molecule has 0 fully saturated rings. The van der Waals surface area contributed by atoms with E-state index >= 15 is 0 Å². The number of halogens is 1. The summed E-state index contributed by atoms with van der Waals surface area (Å²) in [5, 5.41) is 3.44. The molecule has 0 spiro atoms. The van der Waals surface area contributed by atoms with Crippen LogP contribution in [0.3, 0.4) is 0 Å². The molecule has 0 bridgehead atoms. The van der Waals surface area contributed by atoms with Gasteiger partial charge in [0.15, 0.2) is 0 Å². The largest absolute Gasteiger partial charge is 0.383 e. The maximum Gasteiger partial charge on any atom is 0.0637 e. The standard InChI is InChI=1S/C17H29BrN2O/c1-5-16(6-2)20(10-11-21-4)17-12-15(18)9-8-14(17)13-19-7-3/h8-9,12,16,19H,5-7,10-11,13H2,1-4H3. The van der Waals surface area contributed by atoms with Gasteiger partial charge in [0.2, 0.25) is 0 Å². The molecule has 21 heavy (non-hydrogen) atoms. The van der Waals surface area contributed by atoms with Gasteiger partial charge in [0.25, 0.3) is 0 Å². The smallest absolute Gasteiger partial charge is 0.0637 e. The summed E-state index contributed by atoms with van der Waals surface area (Å²) in [4.78, 5) is 2.50. The number of hydrogen-bond donors (Lipinski definition) is 1. The molecule has 0 saturated heterocycles. The summed E-state index contributed by atoms with van der Waals surface area (Å²) in [6.45, 7) is 10.2. The zero-order valence-electron chi connectivity index (χ0n) is 13.8. The minimum atomic E-state index is 0.551. The maximum atomic E-state index is 5.32. The molecule has 1 aromatic carbocycles. The predicted molar refractivity (Wildman–Crippen MR) is 95.1 cm³/mol. The van der Waals surface area contributed by atoms with Crippen LogP contribution >= 0.6 is 15.9 Å².